The zero-order valence-corrected chi connectivity index (χ0v) is 25.4. The van der Waals surface area contributed by atoms with Crippen molar-refractivity contribution in [2.45, 2.75) is 58.4 Å². The lowest BCUT2D eigenvalue weighted by Gasteiger charge is -2.27. The van der Waals surface area contributed by atoms with Crippen LogP contribution in [0.15, 0.2) is 60.8 Å². The summed E-state index contributed by atoms with van der Waals surface area (Å²) >= 11 is 6.30. The van der Waals surface area contributed by atoms with Crippen LogP contribution in [0.25, 0.3) is 5.57 Å². The van der Waals surface area contributed by atoms with Crippen molar-refractivity contribution < 1.29 is 14.6 Å². The summed E-state index contributed by atoms with van der Waals surface area (Å²) in [7, 11) is 0. The Morgan fingerprint density at radius 3 is 2.81 bits per heavy atom. The summed E-state index contributed by atoms with van der Waals surface area (Å²) in [6.45, 7) is 10.7. The number of amides is 1. The summed E-state index contributed by atoms with van der Waals surface area (Å²) in [5.41, 5.74) is 6.07. The fraction of sp³-hybridized carbons (Fsp3) is 0.412. The highest BCUT2D eigenvalue weighted by atomic mass is 35.5. The van der Waals surface area contributed by atoms with Crippen LogP contribution < -0.4 is 9.64 Å². The first-order valence-electron chi connectivity index (χ1n) is 14.9. The van der Waals surface area contributed by atoms with E-state index in [-0.39, 0.29) is 5.91 Å². The van der Waals surface area contributed by atoms with Crippen LogP contribution in [0.1, 0.15) is 61.6 Å². The van der Waals surface area contributed by atoms with E-state index in [1.807, 2.05) is 48.4 Å². The standard InChI is InChI=1S/C34H39ClN4O3/c1-4-39-31-18-25(35)11-9-23(31)19-38(21-33(39)40)26-13-16-37(20-26)15-6-8-27-28-7-5-14-36-30(28)22-42-32-12-10-24(17-29(27)32)34(2,3)41/h5,7-12,14,17-18,26,41H,4,6,13,15-16,19-22H2,1-3H3/b27-8-/t26-/m1/s1. The van der Waals surface area contributed by atoms with Crippen molar-refractivity contribution in [3.63, 3.8) is 0 Å². The summed E-state index contributed by atoms with van der Waals surface area (Å²) in [5.74, 6) is 0.940. The molecular formula is C34H39ClN4O3. The first-order valence-corrected chi connectivity index (χ1v) is 15.3. The summed E-state index contributed by atoms with van der Waals surface area (Å²) in [4.78, 5) is 24.5. The third kappa shape index (κ3) is 5.84. The minimum Gasteiger partial charge on any atom is -0.487 e. The van der Waals surface area contributed by atoms with Crippen LogP contribution in [0.2, 0.25) is 5.02 Å². The number of fused-ring (bicyclic) bond motifs is 3. The van der Waals surface area contributed by atoms with Gasteiger partial charge < -0.3 is 19.6 Å². The van der Waals surface area contributed by atoms with Gasteiger partial charge in [0, 0.05) is 60.3 Å². The third-order valence-electron chi connectivity index (χ3n) is 8.75. The molecule has 0 bridgehead atoms. The predicted molar refractivity (Wildman–Crippen MR) is 167 cm³/mol. The Hall–Kier alpha value is -3.23. The van der Waals surface area contributed by atoms with Crippen molar-refractivity contribution in [3.8, 4) is 5.75 Å². The van der Waals surface area contributed by atoms with Gasteiger partial charge >= 0.3 is 0 Å². The van der Waals surface area contributed by atoms with Gasteiger partial charge in [-0.3, -0.25) is 14.7 Å². The smallest absolute Gasteiger partial charge is 0.241 e. The van der Waals surface area contributed by atoms with Crippen LogP contribution in [0.3, 0.4) is 0 Å². The molecule has 0 radical (unpaired) electrons. The van der Waals surface area contributed by atoms with Gasteiger partial charge in [0.15, 0.2) is 0 Å². The molecule has 1 aromatic heterocycles. The quantitative estimate of drug-likeness (QED) is 0.404. The number of pyridine rings is 1. The average Bonchev–Trinajstić information content (AvgIpc) is 3.31. The Labute approximate surface area is 253 Å². The number of anilines is 1. The van der Waals surface area contributed by atoms with Crippen molar-refractivity contribution in [2.75, 3.05) is 37.6 Å². The number of ether oxygens (including phenoxy) is 1. The van der Waals surface area contributed by atoms with Gasteiger partial charge in [0.05, 0.1) is 17.8 Å². The maximum absolute atomic E-state index is 13.2. The average molecular weight is 587 g/mol. The van der Waals surface area contributed by atoms with E-state index >= 15 is 0 Å². The normalized spacial score (nSPS) is 20.5. The molecular weight excluding hydrogens is 548 g/mol. The predicted octanol–water partition coefficient (Wildman–Crippen LogP) is 5.62. The van der Waals surface area contributed by atoms with Crippen LogP contribution in [0.4, 0.5) is 5.69 Å². The molecule has 1 atom stereocenters. The van der Waals surface area contributed by atoms with E-state index in [9.17, 15) is 9.90 Å². The molecule has 3 aromatic rings. The largest absolute Gasteiger partial charge is 0.487 e. The Kier molecular flexibility index (Phi) is 8.11. The fourth-order valence-electron chi connectivity index (χ4n) is 6.46. The van der Waals surface area contributed by atoms with E-state index in [2.05, 4.69) is 39.1 Å². The molecule has 220 valence electrons. The number of hydrogen-bond acceptors (Lipinski definition) is 6. The Morgan fingerprint density at radius 2 is 2.00 bits per heavy atom. The zero-order chi connectivity index (χ0) is 29.4. The number of likely N-dealkylation sites (N-methyl/N-ethyl adjacent to an activating group) is 1. The molecule has 0 aliphatic carbocycles. The number of aliphatic hydroxyl groups is 1. The number of halogens is 1. The highest BCUT2D eigenvalue weighted by Gasteiger charge is 2.33. The highest BCUT2D eigenvalue weighted by molar-refractivity contribution is 6.31. The minimum absolute atomic E-state index is 0.133. The van der Waals surface area contributed by atoms with Gasteiger partial charge in [-0.1, -0.05) is 35.9 Å². The molecule has 3 aliphatic heterocycles. The van der Waals surface area contributed by atoms with E-state index in [1.165, 1.54) is 0 Å². The van der Waals surface area contributed by atoms with Crippen molar-refractivity contribution in [3.05, 3.63) is 93.8 Å². The Bertz CT molecular complexity index is 1510. The number of nitrogens with zero attached hydrogens (tertiary/aromatic N) is 4. The molecule has 0 spiro atoms. The Balaban J connectivity index is 1.19. The molecule has 3 aliphatic rings. The van der Waals surface area contributed by atoms with E-state index in [0.717, 1.165) is 84.0 Å². The topological polar surface area (TPSA) is 69.1 Å². The van der Waals surface area contributed by atoms with Gasteiger partial charge in [-0.25, -0.2) is 0 Å². The number of carbonyl (C=O) groups excluding carboxylic acids is 1. The summed E-state index contributed by atoms with van der Waals surface area (Å²) in [6, 6.07) is 16.3. The van der Waals surface area contributed by atoms with Crippen molar-refractivity contribution >= 4 is 28.8 Å². The number of aromatic nitrogens is 1. The first kappa shape index (κ1) is 28.9. The minimum atomic E-state index is -0.954. The number of hydrogen-bond donors (Lipinski definition) is 1. The maximum Gasteiger partial charge on any atom is 0.241 e. The molecule has 1 amide bonds. The maximum atomic E-state index is 13.2. The molecule has 42 heavy (non-hydrogen) atoms. The second kappa shape index (κ2) is 11.8. The zero-order valence-electron chi connectivity index (χ0n) is 24.6. The van der Waals surface area contributed by atoms with Gasteiger partial charge in [0.1, 0.15) is 12.4 Å². The monoisotopic (exact) mass is 586 g/mol. The van der Waals surface area contributed by atoms with E-state index in [1.54, 1.807) is 13.8 Å². The van der Waals surface area contributed by atoms with E-state index in [0.29, 0.717) is 30.8 Å². The molecule has 2 aromatic carbocycles. The van der Waals surface area contributed by atoms with Gasteiger partial charge in [0.25, 0.3) is 0 Å². The SMILES string of the molecule is CCN1C(=O)CN([C@@H]2CCN(CC/C=C3\c4cc(C(C)(C)O)ccc4OCc4ncccc43)C2)Cc2ccc(Cl)cc21. The second-order valence-electron chi connectivity index (χ2n) is 12.0. The molecule has 0 unspecified atom stereocenters. The molecule has 6 rings (SSSR count). The number of carbonyl (C=O) groups is 1. The third-order valence-corrected chi connectivity index (χ3v) is 8.98. The van der Waals surface area contributed by atoms with Crippen LogP contribution in [0, 0.1) is 0 Å². The number of benzene rings is 2. The van der Waals surface area contributed by atoms with Crippen molar-refractivity contribution in [1.29, 1.82) is 0 Å². The van der Waals surface area contributed by atoms with Gasteiger partial charge in [0.2, 0.25) is 5.91 Å². The highest BCUT2D eigenvalue weighted by Crippen LogP contribution is 2.39. The number of rotatable bonds is 6. The summed E-state index contributed by atoms with van der Waals surface area (Å²) < 4.78 is 6.16. The van der Waals surface area contributed by atoms with Gasteiger partial charge in [-0.05, 0) is 87.2 Å². The van der Waals surface area contributed by atoms with Gasteiger partial charge in [-0.15, -0.1) is 0 Å². The lowest BCUT2D eigenvalue weighted by molar-refractivity contribution is -0.120. The van der Waals surface area contributed by atoms with E-state index in [4.69, 9.17) is 16.3 Å². The molecule has 7 nitrogen and oxygen atoms in total. The number of likely N-dealkylation sites (tertiary alicyclic amines) is 1. The lowest BCUT2D eigenvalue weighted by Crippen LogP contribution is -2.43. The van der Waals surface area contributed by atoms with Crippen molar-refractivity contribution in [2.24, 2.45) is 0 Å². The Morgan fingerprint density at radius 1 is 1.14 bits per heavy atom. The summed E-state index contributed by atoms with van der Waals surface area (Å²) in [5, 5.41) is 11.4. The van der Waals surface area contributed by atoms with Crippen molar-refractivity contribution in [1.82, 2.24) is 14.8 Å². The van der Waals surface area contributed by atoms with Crippen LogP contribution >= 0.6 is 11.6 Å². The second-order valence-corrected chi connectivity index (χ2v) is 12.5. The molecule has 4 heterocycles. The first-order chi connectivity index (χ1) is 20.2. The van der Waals surface area contributed by atoms with Gasteiger partial charge in [-0.2, -0.15) is 0 Å². The van der Waals surface area contributed by atoms with Crippen LogP contribution in [-0.2, 0) is 23.5 Å². The summed E-state index contributed by atoms with van der Waals surface area (Å²) in [6.07, 6.45) is 6.01. The molecule has 1 saturated heterocycles. The molecule has 8 heteroatoms. The molecule has 1 N–H and O–H groups in total. The molecule has 0 saturated carbocycles. The fourth-order valence-corrected chi connectivity index (χ4v) is 6.62. The van der Waals surface area contributed by atoms with Crippen LogP contribution in [-0.4, -0.2) is 64.6 Å². The van der Waals surface area contributed by atoms with E-state index < -0.39 is 5.60 Å². The van der Waals surface area contributed by atoms with Crippen LogP contribution in [0.5, 0.6) is 5.75 Å². The molecule has 1 fully saturated rings. The lowest BCUT2D eigenvalue weighted by atomic mass is 9.90.